The van der Waals surface area contributed by atoms with Gasteiger partial charge in [-0.2, -0.15) is 0 Å². The number of halogens is 2. The molecule has 1 N–H and O–H groups in total. The number of Topliss-reactive ketones (excluding diaryl/α,β-unsaturated/α-hetero) is 1. The van der Waals surface area contributed by atoms with Crippen molar-refractivity contribution in [1.29, 1.82) is 0 Å². The molecule has 0 bridgehead atoms. The summed E-state index contributed by atoms with van der Waals surface area (Å²) in [5.41, 5.74) is 0. The molecule has 0 saturated carbocycles. The van der Waals surface area contributed by atoms with Gasteiger partial charge in [0.05, 0.1) is 6.54 Å². The van der Waals surface area contributed by atoms with E-state index >= 15 is 0 Å². The molecule has 0 spiro atoms. The van der Waals surface area contributed by atoms with Gasteiger partial charge >= 0.3 is 0 Å². The average molecular weight is 178 g/mol. The van der Waals surface area contributed by atoms with E-state index in [-0.39, 0.29) is 0 Å². The van der Waals surface area contributed by atoms with Gasteiger partial charge in [0.15, 0.2) is 11.9 Å². The molecular formula is C7H10F2NO2. The number of carbonyl (C=O) groups excluding carboxylic acids is 1. The van der Waals surface area contributed by atoms with E-state index in [1.807, 2.05) is 0 Å². The third kappa shape index (κ3) is 1.98. The summed E-state index contributed by atoms with van der Waals surface area (Å²) in [6.45, 7) is 0.625. The maximum absolute atomic E-state index is 12.5. The van der Waals surface area contributed by atoms with Gasteiger partial charge in [-0.05, 0) is 6.92 Å². The lowest BCUT2D eigenvalue weighted by molar-refractivity contribution is -0.130. The predicted molar refractivity (Wildman–Crippen MR) is 36.5 cm³/mol. The zero-order valence-corrected chi connectivity index (χ0v) is 6.64. The maximum atomic E-state index is 12.5. The summed E-state index contributed by atoms with van der Waals surface area (Å²) < 4.78 is 25.0. The van der Waals surface area contributed by atoms with Gasteiger partial charge in [-0.1, -0.05) is 0 Å². The molecule has 0 aromatic rings. The van der Waals surface area contributed by atoms with Gasteiger partial charge in [-0.25, -0.2) is 13.9 Å². The SMILES string of the molecule is CC(=O)C([O])C1CC(F)(F)CN1. The molecule has 3 nitrogen and oxygen atoms in total. The highest BCUT2D eigenvalue weighted by Gasteiger charge is 2.43. The fourth-order valence-electron chi connectivity index (χ4n) is 1.24. The Labute approximate surface area is 68.8 Å². The molecule has 69 valence electrons. The number of hydrogen-bond acceptors (Lipinski definition) is 2. The van der Waals surface area contributed by atoms with Gasteiger partial charge in [0, 0.05) is 12.5 Å². The fourth-order valence-corrected chi connectivity index (χ4v) is 1.24. The second-order valence-corrected chi connectivity index (χ2v) is 3.08. The van der Waals surface area contributed by atoms with Gasteiger partial charge in [0.2, 0.25) is 0 Å². The summed E-state index contributed by atoms with van der Waals surface area (Å²) >= 11 is 0. The van der Waals surface area contributed by atoms with Crippen LogP contribution in [0.4, 0.5) is 8.78 Å². The first kappa shape index (κ1) is 9.54. The molecule has 1 saturated heterocycles. The van der Waals surface area contributed by atoms with Crippen molar-refractivity contribution in [2.45, 2.75) is 31.4 Å². The first-order valence-corrected chi connectivity index (χ1v) is 3.70. The molecule has 2 unspecified atom stereocenters. The fraction of sp³-hybridized carbons (Fsp3) is 0.857. The third-order valence-corrected chi connectivity index (χ3v) is 1.91. The van der Waals surface area contributed by atoms with E-state index in [1.54, 1.807) is 0 Å². The van der Waals surface area contributed by atoms with Gasteiger partial charge in [0.25, 0.3) is 5.92 Å². The number of nitrogens with one attached hydrogen (secondary N) is 1. The van der Waals surface area contributed by atoms with Crippen molar-refractivity contribution in [2.24, 2.45) is 0 Å². The molecule has 1 aliphatic heterocycles. The summed E-state index contributed by atoms with van der Waals surface area (Å²) in [5.74, 6) is -3.42. The van der Waals surface area contributed by atoms with Crippen molar-refractivity contribution in [3.63, 3.8) is 0 Å². The summed E-state index contributed by atoms with van der Waals surface area (Å²) in [6, 6.07) is -0.905. The molecule has 0 aromatic carbocycles. The molecule has 0 aromatic heterocycles. The summed E-state index contributed by atoms with van der Waals surface area (Å²) in [4.78, 5) is 10.5. The molecule has 1 heterocycles. The molecule has 1 aliphatic rings. The Morgan fingerprint density at radius 3 is 2.58 bits per heavy atom. The van der Waals surface area contributed by atoms with Crippen LogP contribution in [0.2, 0.25) is 0 Å². The van der Waals surface area contributed by atoms with E-state index in [4.69, 9.17) is 0 Å². The lowest BCUT2D eigenvalue weighted by Gasteiger charge is -2.12. The van der Waals surface area contributed by atoms with Crippen molar-refractivity contribution in [3.8, 4) is 0 Å². The number of hydrogen-bond donors (Lipinski definition) is 1. The van der Waals surface area contributed by atoms with Gasteiger partial charge in [-0.15, -0.1) is 0 Å². The Morgan fingerprint density at radius 2 is 2.25 bits per heavy atom. The van der Waals surface area contributed by atoms with E-state index in [0.717, 1.165) is 6.92 Å². The van der Waals surface area contributed by atoms with Crippen LogP contribution in [0.15, 0.2) is 0 Å². The molecule has 2 atom stereocenters. The maximum Gasteiger partial charge on any atom is 0.261 e. The van der Waals surface area contributed by atoms with Gasteiger partial charge in [0.1, 0.15) is 0 Å². The molecule has 0 amide bonds. The molecule has 1 radical (unpaired) electrons. The Hall–Kier alpha value is -0.550. The second-order valence-electron chi connectivity index (χ2n) is 3.08. The minimum Gasteiger partial charge on any atom is -0.305 e. The van der Waals surface area contributed by atoms with E-state index in [0.29, 0.717) is 0 Å². The van der Waals surface area contributed by atoms with E-state index < -0.39 is 36.8 Å². The second kappa shape index (κ2) is 3.06. The van der Waals surface area contributed by atoms with Crippen LogP contribution in [-0.2, 0) is 9.90 Å². The average Bonchev–Trinajstić information content (AvgIpc) is 2.28. The molecule has 12 heavy (non-hydrogen) atoms. The van der Waals surface area contributed by atoms with Gasteiger partial charge in [-0.3, -0.25) is 4.79 Å². The molecular weight excluding hydrogens is 168 g/mol. The standard InChI is InChI=1S/C7H10F2NO2/c1-4(11)6(12)5-2-7(8,9)3-10-5/h5-6,10H,2-3H2,1H3. The smallest absolute Gasteiger partial charge is 0.261 e. The summed E-state index contributed by atoms with van der Waals surface area (Å²) in [7, 11) is 0. The monoisotopic (exact) mass is 178 g/mol. The minimum absolute atomic E-state index is 0.496. The Balaban J connectivity index is 2.52. The zero-order valence-electron chi connectivity index (χ0n) is 6.64. The normalized spacial score (nSPS) is 30.2. The van der Waals surface area contributed by atoms with Crippen LogP contribution in [0.25, 0.3) is 0 Å². The summed E-state index contributed by atoms with van der Waals surface area (Å²) in [5, 5.41) is 13.3. The Morgan fingerprint density at radius 1 is 1.67 bits per heavy atom. The highest BCUT2D eigenvalue weighted by Crippen LogP contribution is 2.26. The largest absolute Gasteiger partial charge is 0.305 e. The van der Waals surface area contributed by atoms with Crippen LogP contribution >= 0.6 is 0 Å². The third-order valence-electron chi connectivity index (χ3n) is 1.91. The van der Waals surface area contributed by atoms with E-state index in [1.165, 1.54) is 0 Å². The first-order valence-electron chi connectivity index (χ1n) is 3.70. The van der Waals surface area contributed by atoms with Crippen molar-refractivity contribution in [3.05, 3.63) is 0 Å². The lowest BCUT2D eigenvalue weighted by Crippen LogP contribution is -2.38. The number of alkyl halides is 2. The quantitative estimate of drug-likeness (QED) is 0.664. The van der Waals surface area contributed by atoms with Crippen molar-refractivity contribution in [1.82, 2.24) is 5.32 Å². The van der Waals surface area contributed by atoms with Crippen LogP contribution in [-0.4, -0.2) is 30.4 Å². The molecule has 0 aliphatic carbocycles. The van der Waals surface area contributed by atoms with Crippen molar-refractivity contribution in [2.75, 3.05) is 6.54 Å². The number of ketones is 1. The number of rotatable bonds is 2. The van der Waals surface area contributed by atoms with E-state index in [2.05, 4.69) is 5.32 Å². The van der Waals surface area contributed by atoms with Crippen LogP contribution in [0, 0.1) is 0 Å². The van der Waals surface area contributed by atoms with Crippen LogP contribution in [0.1, 0.15) is 13.3 Å². The van der Waals surface area contributed by atoms with Crippen molar-refractivity contribution >= 4 is 5.78 Å². The number of carbonyl (C=O) groups is 1. The molecule has 1 rings (SSSR count). The first-order chi connectivity index (χ1) is 5.42. The van der Waals surface area contributed by atoms with E-state index in [9.17, 15) is 18.7 Å². The van der Waals surface area contributed by atoms with Crippen molar-refractivity contribution < 1.29 is 18.7 Å². The van der Waals surface area contributed by atoms with Crippen LogP contribution in [0.3, 0.4) is 0 Å². The summed E-state index contributed by atoms with van der Waals surface area (Å²) in [6.07, 6.45) is -2.08. The molecule has 1 fully saturated rings. The predicted octanol–water partition coefficient (Wildman–Crippen LogP) is 0.372. The lowest BCUT2D eigenvalue weighted by atomic mass is 10.1. The molecule has 5 heteroatoms. The highest BCUT2D eigenvalue weighted by atomic mass is 19.3. The minimum atomic E-state index is -2.83. The Kier molecular flexibility index (Phi) is 2.44. The van der Waals surface area contributed by atoms with Crippen LogP contribution in [0.5, 0.6) is 0 Å². The topological polar surface area (TPSA) is 49.0 Å². The Bertz CT molecular complexity index is 196. The zero-order chi connectivity index (χ0) is 9.35. The van der Waals surface area contributed by atoms with Crippen LogP contribution < -0.4 is 5.32 Å². The van der Waals surface area contributed by atoms with Gasteiger partial charge < -0.3 is 5.32 Å². The highest BCUT2D eigenvalue weighted by molar-refractivity contribution is 5.80.